The molecule has 2 unspecified atom stereocenters. The highest BCUT2D eigenvalue weighted by molar-refractivity contribution is 8.01. The van der Waals surface area contributed by atoms with E-state index in [9.17, 15) is 9.59 Å². The molecule has 6 nitrogen and oxygen atoms in total. The van der Waals surface area contributed by atoms with Crippen LogP contribution in [0, 0.1) is 0 Å². The van der Waals surface area contributed by atoms with Crippen LogP contribution in [0.5, 0.6) is 0 Å². The summed E-state index contributed by atoms with van der Waals surface area (Å²) in [5.41, 5.74) is 4.57. The Kier molecular flexibility index (Phi) is 9.04. The topological polar surface area (TPSA) is 61.9 Å². The third-order valence-electron chi connectivity index (χ3n) is 10.6. The van der Waals surface area contributed by atoms with E-state index in [1.54, 1.807) is 11.8 Å². The highest BCUT2D eigenvalue weighted by Crippen LogP contribution is 2.57. The summed E-state index contributed by atoms with van der Waals surface area (Å²) >= 11 is 1.80. The van der Waals surface area contributed by atoms with E-state index < -0.39 is 22.4 Å². The fourth-order valence-electron chi connectivity index (χ4n) is 8.08. The molecule has 3 heterocycles. The number of likely N-dealkylation sites (tertiary alicyclic amines) is 1. The number of nitrogens with zero attached hydrogens (tertiary/aromatic N) is 2. The highest BCUT2D eigenvalue weighted by Gasteiger charge is 2.68. The second kappa shape index (κ2) is 13.9. The molecule has 3 saturated heterocycles. The predicted molar refractivity (Wildman–Crippen MR) is 198 cm³/mol. The second-order valence-electron chi connectivity index (χ2n) is 13.5. The van der Waals surface area contributed by atoms with Crippen molar-refractivity contribution in [3.8, 4) is 0 Å². The number of fused-ring (bicyclic) bond motifs is 1. The summed E-state index contributed by atoms with van der Waals surface area (Å²) < 4.78 is 5.59. The Labute approximate surface area is 298 Å². The highest BCUT2D eigenvalue weighted by atomic mass is 32.2. The molecular formula is C43H41N3O3S. The minimum Gasteiger partial charge on any atom is -0.459 e. The fourth-order valence-corrected chi connectivity index (χ4v) is 9.98. The van der Waals surface area contributed by atoms with Gasteiger partial charge in [-0.15, -0.1) is 11.8 Å². The lowest BCUT2D eigenvalue weighted by atomic mass is 9.75. The molecule has 0 aromatic heterocycles. The number of β-lactam (4-membered cyclic amide) rings is 1. The number of benzene rings is 5. The van der Waals surface area contributed by atoms with Crippen LogP contribution in [0.1, 0.15) is 40.7 Å². The van der Waals surface area contributed by atoms with Crippen molar-refractivity contribution < 1.29 is 14.3 Å². The average molecular weight is 680 g/mol. The zero-order chi connectivity index (χ0) is 34.0. The van der Waals surface area contributed by atoms with E-state index >= 15 is 0 Å². The van der Waals surface area contributed by atoms with Crippen LogP contribution < -0.4 is 5.32 Å². The van der Waals surface area contributed by atoms with Crippen molar-refractivity contribution in [1.82, 2.24) is 15.1 Å². The van der Waals surface area contributed by atoms with E-state index in [1.807, 2.05) is 95.9 Å². The largest absolute Gasteiger partial charge is 0.459 e. The van der Waals surface area contributed by atoms with Crippen molar-refractivity contribution >= 4 is 23.6 Å². The number of ether oxygens (including phenoxy) is 1. The minimum absolute atomic E-state index is 0.0556. The van der Waals surface area contributed by atoms with Gasteiger partial charge in [0.2, 0.25) is 5.91 Å². The number of piperidine rings is 1. The molecule has 50 heavy (non-hydrogen) atoms. The van der Waals surface area contributed by atoms with Gasteiger partial charge in [-0.2, -0.15) is 0 Å². The van der Waals surface area contributed by atoms with Crippen LogP contribution in [0.15, 0.2) is 152 Å². The van der Waals surface area contributed by atoms with E-state index in [4.69, 9.17) is 4.74 Å². The van der Waals surface area contributed by atoms with Gasteiger partial charge < -0.3 is 9.64 Å². The Morgan fingerprint density at radius 2 is 1.16 bits per heavy atom. The zero-order valence-corrected chi connectivity index (χ0v) is 28.8. The number of carbonyl (C=O) groups excluding carboxylic acids is 2. The van der Waals surface area contributed by atoms with Crippen LogP contribution >= 0.6 is 11.8 Å². The molecule has 5 aromatic carbocycles. The lowest BCUT2D eigenvalue weighted by Crippen LogP contribution is -2.73. The van der Waals surface area contributed by atoms with Gasteiger partial charge in [0.1, 0.15) is 24.1 Å². The molecule has 1 spiro atoms. The van der Waals surface area contributed by atoms with E-state index in [0.717, 1.165) is 54.7 Å². The van der Waals surface area contributed by atoms with Gasteiger partial charge in [-0.1, -0.05) is 152 Å². The first kappa shape index (κ1) is 32.5. The Hall–Kier alpha value is -4.69. The number of hydrogen-bond donors (Lipinski definition) is 1. The van der Waals surface area contributed by atoms with Crippen LogP contribution in [0.2, 0.25) is 0 Å². The molecule has 1 N–H and O–H groups in total. The van der Waals surface area contributed by atoms with Gasteiger partial charge in [0.25, 0.3) is 0 Å². The first-order valence-electron chi connectivity index (χ1n) is 17.5. The summed E-state index contributed by atoms with van der Waals surface area (Å²) in [6, 6.07) is 50.3. The summed E-state index contributed by atoms with van der Waals surface area (Å²) in [6.07, 6.45) is 1.59. The number of thioether (sulfide) groups is 1. The summed E-state index contributed by atoms with van der Waals surface area (Å²) in [5.74, 6) is -0.368. The minimum atomic E-state index is -0.797. The first-order valence-corrected chi connectivity index (χ1v) is 18.4. The summed E-state index contributed by atoms with van der Waals surface area (Å²) in [5, 5.41) is 3.73. The maximum absolute atomic E-state index is 14.6. The quantitative estimate of drug-likeness (QED) is 0.0975. The Balaban J connectivity index is 1.12. The van der Waals surface area contributed by atoms with Gasteiger partial charge >= 0.3 is 5.97 Å². The standard InChI is InChI=1S/C43H41N3O3S/c47-39-37(44-43(34-20-10-3-11-21-34,35-22-12-4-13-23-35)36-24-14-5-15-25-36)40-46(39)38(41(48)49-31-33-18-8-2-9-19-33)42(50-40)26-28-45(29-27-42)30-32-16-6-1-7-17-32/h1-25,37-38,40,44H,26-31H2/t37?,38?,40-/m0/s1. The smallest absolute Gasteiger partial charge is 0.330 e. The molecular weight excluding hydrogens is 639 g/mol. The van der Waals surface area contributed by atoms with E-state index in [1.165, 1.54) is 5.56 Å². The number of carbonyl (C=O) groups is 2. The number of nitrogens with one attached hydrogen (secondary N) is 1. The van der Waals surface area contributed by atoms with Crippen molar-refractivity contribution in [3.63, 3.8) is 0 Å². The van der Waals surface area contributed by atoms with Crippen molar-refractivity contribution in [2.24, 2.45) is 0 Å². The van der Waals surface area contributed by atoms with E-state index in [-0.39, 0.29) is 23.9 Å². The number of amides is 1. The lowest BCUT2D eigenvalue weighted by molar-refractivity contribution is -0.166. The maximum Gasteiger partial charge on any atom is 0.330 e. The molecule has 3 fully saturated rings. The molecule has 1 amide bonds. The van der Waals surface area contributed by atoms with Crippen LogP contribution in [0.25, 0.3) is 0 Å². The average Bonchev–Trinajstić information content (AvgIpc) is 3.47. The lowest BCUT2D eigenvalue weighted by Gasteiger charge is -2.49. The molecule has 0 radical (unpaired) electrons. The fraction of sp³-hybridized carbons (Fsp3) is 0.256. The van der Waals surface area contributed by atoms with E-state index in [2.05, 4.69) is 70.9 Å². The molecule has 3 atom stereocenters. The maximum atomic E-state index is 14.6. The second-order valence-corrected chi connectivity index (χ2v) is 15.1. The van der Waals surface area contributed by atoms with Crippen molar-refractivity contribution in [2.75, 3.05) is 13.1 Å². The molecule has 7 heteroatoms. The monoisotopic (exact) mass is 679 g/mol. The van der Waals surface area contributed by atoms with Gasteiger partial charge in [0.05, 0.1) is 10.3 Å². The van der Waals surface area contributed by atoms with Gasteiger partial charge in [-0.25, -0.2) is 4.79 Å². The van der Waals surface area contributed by atoms with Gasteiger partial charge in [0.15, 0.2) is 0 Å². The third kappa shape index (κ3) is 5.93. The van der Waals surface area contributed by atoms with Crippen molar-refractivity contribution in [2.45, 2.75) is 53.7 Å². The van der Waals surface area contributed by atoms with Crippen LogP contribution in [-0.2, 0) is 33.0 Å². The number of hydrogen-bond acceptors (Lipinski definition) is 6. The Morgan fingerprint density at radius 1 is 0.700 bits per heavy atom. The summed E-state index contributed by atoms with van der Waals surface area (Å²) in [6.45, 7) is 2.75. The van der Waals surface area contributed by atoms with Gasteiger partial charge in [-0.3, -0.25) is 15.0 Å². The van der Waals surface area contributed by atoms with E-state index in [0.29, 0.717) is 0 Å². The van der Waals surface area contributed by atoms with Crippen LogP contribution in [0.4, 0.5) is 0 Å². The Bertz CT molecular complexity index is 1810. The molecule has 0 saturated carbocycles. The number of esters is 1. The van der Waals surface area contributed by atoms with Crippen LogP contribution in [-0.4, -0.2) is 57.0 Å². The predicted octanol–water partition coefficient (Wildman–Crippen LogP) is 7.00. The molecule has 0 aliphatic carbocycles. The van der Waals surface area contributed by atoms with Crippen molar-refractivity contribution in [1.29, 1.82) is 0 Å². The van der Waals surface area contributed by atoms with Gasteiger partial charge in [0, 0.05) is 6.54 Å². The van der Waals surface area contributed by atoms with Crippen LogP contribution in [0.3, 0.4) is 0 Å². The normalized spacial score (nSPS) is 21.4. The molecule has 0 bridgehead atoms. The number of rotatable bonds is 10. The molecule has 3 aliphatic heterocycles. The molecule has 5 aromatic rings. The molecule has 252 valence electrons. The molecule has 8 rings (SSSR count). The Morgan fingerprint density at radius 3 is 1.66 bits per heavy atom. The van der Waals surface area contributed by atoms with Gasteiger partial charge in [-0.05, 0) is 53.7 Å². The first-order chi connectivity index (χ1) is 24.6. The summed E-state index contributed by atoms with van der Waals surface area (Å²) in [7, 11) is 0. The molecule has 3 aliphatic rings. The zero-order valence-electron chi connectivity index (χ0n) is 27.9. The van der Waals surface area contributed by atoms with Crippen molar-refractivity contribution in [3.05, 3.63) is 179 Å². The third-order valence-corrected chi connectivity index (χ3v) is 12.4. The summed E-state index contributed by atoms with van der Waals surface area (Å²) in [4.78, 5) is 33.1. The SMILES string of the molecule is O=C(OCc1ccccc1)C1N2C(=O)C(NC(c3ccccc3)(c3ccccc3)c3ccccc3)[C@@H]2SC12CCN(Cc1ccccc1)CC2.